The average molecular weight is 450 g/mol. The molecule has 0 radical (unpaired) electrons. The zero-order valence-corrected chi connectivity index (χ0v) is 20.9. The van der Waals surface area contributed by atoms with Crippen molar-refractivity contribution in [2.45, 2.75) is 52.5 Å². The minimum atomic E-state index is -0.349. The highest BCUT2D eigenvalue weighted by Gasteiger charge is 2.38. The van der Waals surface area contributed by atoms with Crippen LogP contribution in [0.1, 0.15) is 51.3 Å². The van der Waals surface area contributed by atoms with E-state index in [2.05, 4.69) is 119 Å². The van der Waals surface area contributed by atoms with Crippen molar-refractivity contribution in [3.8, 4) is 22.3 Å². The van der Waals surface area contributed by atoms with Crippen molar-refractivity contribution in [2.75, 3.05) is 4.90 Å². The van der Waals surface area contributed by atoms with Crippen molar-refractivity contribution in [2.24, 2.45) is 0 Å². The predicted octanol–water partition coefficient (Wildman–Crippen LogP) is 9.04. The summed E-state index contributed by atoms with van der Waals surface area (Å²) in [5.74, 6) is -0.183. The number of rotatable bonds is 3. The summed E-state index contributed by atoms with van der Waals surface area (Å²) in [4.78, 5) is 2.19. The van der Waals surface area contributed by atoms with Crippen LogP contribution in [0.25, 0.3) is 22.3 Å². The molecule has 0 atom stereocenters. The Morgan fingerprint density at radius 1 is 0.706 bits per heavy atom. The molecule has 172 valence electrons. The van der Waals surface area contributed by atoms with Crippen LogP contribution in [0.15, 0.2) is 84.9 Å². The first-order valence-electron chi connectivity index (χ1n) is 12.0. The molecule has 4 aromatic carbocycles. The minimum Gasteiger partial charge on any atom is -0.333 e. The van der Waals surface area contributed by atoms with Crippen molar-refractivity contribution in [3.63, 3.8) is 0 Å². The number of halogens is 1. The Morgan fingerprint density at radius 2 is 1.35 bits per heavy atom. The topological polar surface area (TPSA) is 3.24 Å². The Labute approximate surface area is 202 Å². The highest BCUT2D eigenvalue weighted by Crippen LogP contribution is 2.52. The molecule has 0 amide bonds. The quantitative estimate of drug-likeness (QED) is 0.301. The first-order chi connectivity index (χ1) is 16.1. The number of hydrogen-bond donors (Lipinski definition) is 0. The lowest BCUT2D eigenvalue weighted by Gasteiger charge is -2.40. The average Bonchev–Trinajstić information content (AvgIpc) is 3.01. The van der Waals surface area contributed by atoms with Crippen LogP contribution in [0.4, 0.5) is 15.8 Å². The van der Waals surface area contributed by atoms with Gasteiger partial charge in [-0.3, -0.25) is 0 Å². The third-order valence-corrected chi connectivity index (χ3v) is 7.11. The van der Waals surface area contributed by atoms with Gasteiger partial charge in [-0.2, -0.15) is 0 Å². The highest BCUT2D eigenvalue weighted by atomic mass is 19.1. The van der Waals surface area contributed by atoms with E-state index >= 15 is 4.39 Å². The predicted molar refractivity (Wildman–Crippen MR) is 142 cm³/mol. The molecule has 0 aliphatic heterocycles. The van der Waals surface area contributed by atoms with Crippen molar-refractivity contribution >= 4 is 11.4 Å². The summed E-state index contributed by atoms with van der Waals surface area (Å²) in [6.45, 7) is 12.9. The SMILES string of the molecule is Cc1cccc(-c2ccccc2)c1N(c1cc2c(cc1F)C(C)(C)c1ccccc1-2)C(C)(C)C. The lowest BCUT2D eigenvalue weighted by molar-refractivity contribution is 0.539. The highest BCUT2D eigenvalue weighted by molar-refractivity contribution is 5.89. The zero-order valence-electron chi connectivity index (χ0n) is 20.9. The molecule has 0 fully saturated rings. The van der Waals surface area contributed by atoms with Crippen LogP contribution < -0.4 is 4.90 Å². The van der Waals surface area contributed by atoms with Gasteiger partial charge in [0.05, 0.1) is 11.4 Å². The number of hydrogen-bond acceptors (Lipinski definition) is 1. The Hall–Kier alpha value is -3.39. The molecule has 1 aliphatic rings. The monoisotopic (exact) mass is 449 g/mol. The van der Waals surface area contributed by atoms with Crippen molar-refractivity contribution in [1.29, 1.82) is 0 Å². The molecule has 0 aromatic heterocycles. The summed E-state index contributed by atoms with van der Waals surface area (Å²) in [5, 5.41) is 0. The third-order valence-electron chi connectivity index (χ3n) is 7.11. The van der Waals surface area contributed by atoms with Gasteiger partial charge in [-0.1, -0.05) is 86.6 Å². The maximum absolute atomic E-state index is 16.1. The lowest BCUT2D eigenvalue weighted by atomic mass is 9.82. The fourth-order valence-electron chi connectivity index (χ4n) is 5.50. The molecule has 0 N–H and O–H groups in total. The summed E-state index contributed by atoms with van der Waals surface area (Å²) in [7, 11) is 0. The Bertz CT molecular complexity index is 1380. The Balaban J connectivity index is 1.79. The van der Waals surface area contributed by atoms with Gasteiger partial charge in [0.2, 0.25) is 0 Å². The van der Waals surface area contributed by atoms with Crippen LogP contribution in [0.2, 0.25) is 0 Å². The first-order valence-corrected chi connectivity index (χ1v) is 12.0. The number of benzene rings is 4. The Morgan fingerprint density at radius 3 is 2.06 bits per heavy atom. The van der Waals surface area contributed by atoms with E-state index in [9.17, 15) is 0 Å². The largest absolute Gasteiger partial charge is 0.333 e. The summed E-state index contributed by atoms with van der Waals surface area (Å²) < 4.78 is 16.1. The molecule has 0 heterocycles. The second kappa shape index (κ2) is 7.84. The molecule has 4 aromatic rings. The standard InChI is InChI=1S/C32H32FN/c1-21-13-12-17-23(22-14-8-7-9-15-22)30(21)34(31(2,3)4)29-19-25-24-16-10-11-18-26(24)32(5,6)27(25)20-28(29)33/h7-20H,1-6H3. The van der Waals surface area contributed by atoms with E-state index in [1.807, 2.05) is 6.07 Å². The summed E-state index contributed by atoms with van der Waals surface area (Å²) in [6.07, 6.45) is 0. The van der Waals surface area contributed by atoms with E-state index < -0.39 is 0 Å². The van der Waals surface area contributed by atoms with Crippen LogP contribution >= 0.6 is 0 Å². The van der Waals surface area contributed by atoms with Crippen molar-refractivity contribution in [3.05, 3.63) is 107 Å². The molecular formula is C32H32FN. The summed E-state index contributed by atoms with van der Waals surface area (Å²) in [6, 6.07) is 29.0. The van der Waals surface area contributed by atoms with Crippen LogP contribution in [-0.4, -0.2) is 5.54 Å². The first kappa shape index (κ1) is 22.4. The molecule has 1 nitrogen and oxygen atoms in total. The van der Waals surface area contributed by atoms with E-state index in [0.717, 1.165) is 33.5 Å². The van der Waals surface area contributed by atoms with Crippen LogP contribution in [0.3, 0.4) is 0 Å². The maximum Gasteiger partial charge on any atom is 0.147 e. The number of aryl methyl sites for hydroxylation is 1. The third kappa shape index (κ3) is 3.44. The van der Waals surface area contributed by atoms with E-state index in [1.165, 1.54) is 11.1 Å². The zero-order chi connectivity index (χ0) is 24.3. The van der Waals surface area contributed by atoms with Crippen LogP contribution in [0.5, 0.6) is 0 Å². The van der Waals surface area contributed by atoms with Gasteiger partial charge in [-0.25, -0.2) is 4.39 Å². The molecule has 2 heteroatoms. The molecule has 0 bridgehead atoms. The van der Waals surface area contributed by atoms with Gasteiger partial charge in [0.25, 0.3) is 0 Å². The smallest absolute Gasteiger partial charge is 0.147 e. The second-order valence-corrected chi connectivity index (χ2v) is 10.9. The molecular weight excluding hydrogens is 417 g/mol. The summed E-state index contributed by atoms with van der Waals surface area (Å²) >= 11 is 0. The van der Waals surface area contributed by atoms with E-state index in [4.69, 9.17) is 0 Å². The Kier molecular flexibility index (Phi) is 5.16. The summed E-state index contributed by atoms with van der Waals surface area (Å²) in [5.41, 5.74) is 9.08. The molecule has 34 heavy (non-hydrogen) atoms. The number of fused-ring (bicyclic) bond motifs is 3. The van der Waals surface area contributed by atoms with Gasteiger partial charge < -0.3 is 4.90 Å². The normalized spacial score (nSPS) is 14.0. The molecule has 0 saturated carbocycles. The van der Waals surface area contributed by atoms with Crippen molar-refractivity contribution < 1.29 is 4.39 Å². The van der Waals surface area contributed by atoms with Crippen LogP contribution in [-0.2, 0) is 5.41 Å². The van der Waals surface area contributed by atoms with E-state index in [0.29, 0.717) is 5.69 Å². The van der Waals surface area contributed by atoms with E-state index in [1.54, 1.807) is 6.07 Å². The fourth-order valence-corrected chi connectivity index (χ4v) is 5.50. The molecule has 0 spiro atoms. The van der Waals surface area contributed by atoms with Gasteiger partial charge in [0.15, 0.2) is 0 Å². The fraction of sp³-hybridized carbons (Fsp3) is 0.250. The van der Waals surface area contributed by atoms with Gasteiger partial charge in [-0.05, 0) is 73.2 Å². The number of anilines is 2. The van der Waals surface area contributed by atoms with Crippen LogP contribution in [0, 0.1) is 12.7 Å². The maximum atomic E-state index is 16.1. The molecule has 5 rings (SSSR count). The molecule has 0 saturated heterocycles. The molecule has 1 aliphatic carbocycles. The minimum absolute atomic E-state index is 0.183. The number of para-hydroxylation sites is 1. The lowest BCUT2D eigenvalue weighted by Crippen LogP contribution is -2.39. The van der Waals surface area contributed by atoms with Gasteiger partial charge in [-0.15, -0.1) is 0 Å². The second-order valence-electron chi connectivity index (χ2n) is 10.9. The van der Waals surface area contributed by atoms with Gasteiger partial charge in [0, 0.05) is 16.5 Å². The van der Waals surface area contributed by atoms with Gasteiger partial charge in [0.1, 0.15) is 5.82 Å². The number of nitrogens with zero attached hydrogens (tertiary/aromatic N) is 1. The molecule has 0 unspecified atom stereocenters. The van der Waals surface area contributed by atoms with Gasteiger partial charge >= 0.3 is 0 Å². The van der Waals surface area contributed by atoms with Crippen molar-refractivity contribution in [1.82, 2.24) is 0 Å². The van der Waals surface area contributed by atoms with E-state index in [-0.39, 0.29) is 16.8 Å².